The van der Waals surface area contributed by atoms with Gasteiger partial charge in [-0.05, 0) is 54.1 Å². The second-order valence-corrected chi connectivity index (χ2v) is 8.89. The van der Waals surface area contributed by atoms with E-state index in [9.17, 15) is 19.2 Å². The first-order valence-corrected chi connectivity index (χ1v) is 11.9. The van der Waals surface area contributed by atoms with Crippen LogP contribution in [0.25, 0.3) is 21.9 Å². The monoisotopic (exact) mass is 523 g/mol. The number of benzene rings is 3. The number of hydrogen-bond acceptors (Lipinski definition) is 7. The van der Waals surface area contributed by atoms with Crippen molar-refractivity contribution in [3.8, 4) is 11.5 Å². The van der Waals surface area contributed by atoms with Gasteiger partial charge in [0.25, 0.3) is 11.8 Å². The van der Waals surface area contributed by atoms with Crippen molar-refractivity contribution in [2.45, 2.75) is 6.54 Å². The summed E-state index contributed by atoms with van der Waals surface area (Å²) in [6.45, 7) is -0.0256. The fourth-order valence-electron chi connectivity index (χ4n) is 4.73. The van der Waals surface area contributed by atoms with Crippen molar-refractivity contribution in [1.29, 1.82) is 0 Å². The Balaban J connectivity index is 1.35. The summed E-state index contributed by atoms with van der Waals surface area (Å²) in [6.07, 6.45) is 1.35. The zero-order valence-corrected chi connectivity index (χ0v) is 20.8. The van der Waals surface area contributed by atoms with Gasteiger partial charge in [-0.1, -0.05) is 12.1 Å². The van der Waals surface area contributed by atoms with E-state index in [2.05, 4.69) is 15.1 Å². The number of carbonyl (C=O) groups excluding carboxylic acids is 2. The number of nitrogens with zero attached hydrogens (tertiary/aromatic N) is 3. The molecule has 2 aromatic heterocycles. The van der Waals surface area contributed by atoms with Crippen LogP contribution in [0.15, 0.2) is 75.4 Å². The number of ether oxygens (including phenoxy) is 2. The highest BCUT2D eigenvalue weighted by atomic mass is 16.5. The normalized spacial score (nSPS) is 13.1. The molecular formula is C28H21N5O6. The van der Waals surface area contributed by atoms with Crippen molar-refractivity contribution in [3.05, 3.63) is 104 Å². The lowest BCUT2D eigenvalue weighted by Gasteiger charge is -2.16. The minimum atomic E-state index is -0.716. The van der Waals surface area contributed by atoms with E-state index in [1.807, 2.05) is 0 Å². The minimum Gasteiger partial charge on any atom is -0.497 e. The molecule has 0 atom stereocenters. The number of imide groups is 1. The van der Waals surface area contributed by atoms with Crippen LogP contribution in [0.1, 0.15) is 31.8 Å². The van der Waals surface area contributed by atoms with E-state index in [0.717, 1.165) is 9.58 Å². The number of H-pyrrole nitrogens is 2. The van der Waals surface area contributed by atoms with E-state index in [-0.39, 0.29) is 23.9 Å². The SMILES string of the molecule is COc1ccc2[nH]c3c(=O)n(N=Cc4ccc(OC)c(CN5C(=O)c6ccccc6C5=O)c4)c(=O)[nH]c3c2c1. The van der Waals surface area contributed by atoms with Crippen molar-refractivity contribution in [3.63, 3.8) is 0 Å². The van der Waals surface area contributed by atoms with Gasteiger partial charge in [0.1, 0.15) is 17.0 Å². The molecule has 0 radical (unpaired) electrons. The molecule has 2 amide bonds. The summed E-state index contributed by atoms with van der Waals surface area (Å²) in [6, 6.07) is 16.9. The summed E-state index contributed by atoms with van der Waals surface area (Å²) in [5.74, 6) is 0.273. The third kappa shape index (κ3) is 3.87. The Morgan fingerprint density at radius 2 is 1.59 bits per heavy atom. The second kappa shape index (κ2) is 9.14. The molecule has 0 aliphatic carbocycles. The number of nitrogens with one attached hydrogen (secondary N) is 2. The Bertz CT molecular complexity index is 1930. The fraction of sp³-hybridized carbons (Fsp3) is 0.107. The first-order valence-electron chi connectivity index (χ1n) is 11.9. The molecule has 0 saturated carbocycles. The largest absolute Gasteiger partial charge is 0.497 e. The van der Waals surface area contributed by atoms with Crippen molar-refractivity contribution >= 4 is 40.0 Å². The summed E-state index contributed by atoms with van der Waals surface area (Å²) in [5, 5.41) is 4.76. The molecule has 1 aliphatic heterocycles. The highest BCUT2D eigenvalue weighted by Crippen LogP contribution is 2.28. The Morgan fingerprint density at radius 1 is 0.846 bits per heavy atom. The third-order valence-corrected chi connectivity index (χ3v) is 6.67. The zero-order chi connectivity index (χ0) is 27.3. The topological polar surface area (TPSA) is 139 Å². The van der Waals surface area contributed by atoms with Crippen molar-refractivity contribution < 1.29 is 19.1 Å². The average molecular weight is 524 g/mol. The maximum atomic E-state index is 13.1. The van der Waals surface area contributed by atoms with Crippen LogP contribution in [0.2, 0.25) is 0 Å². The minimum absolute atomic E-state index is 0.0256. The van der Waals surface area contributed by atoms with Gasteiger partial charge in [-0.2, -0.15) is 5.10 Å². The van der Waals surface area contributed by atoms with E-state index >= 15 is 0 Å². The number of aromatic nitrogens is 3. The summed E-state index contributed by atoms with van der Waals surface area (Å²) in [5.41, 5.74) is 1.65. The number of hydrogen-bond donors (Lipinski definition) is 2. The molecule has 0 saturated heterocycles. The van der Waals surface area contributed by atoms with E-state index < -0.39 is 11.2 Å². The summed E-state index contributed by atoms with van der Waals surface area (Å²) in [7, 11) is 3.02. The molecule has 0 fully saturated rings. The zero-order valence-electron chi connectivity index (χ0n) is 20.8. The van der Waals surface area contributed by atoms with Gasteiger partial charge in [-0.25, -0.2) is 4.79 Å². The highest BCUT2D eigenvalue weighted by Gasteiger charge is 2.35. The van der Waals surface area contributed by atoms with Gasteiger partial charge < -0.3 is 19.4 Å². The van der Waals surface area contributed by atoms with Crippen LogP contribution in [0.3, 0.4) is 0 Å². The summed E-state index contributed by atoms with van der Waals surface area (Å²) >= 11 is 0. The molecule has 2 N–H and O–H groups in total. The van der Waals surface area contributed by atoms with E-state index in [4.69, 9.17) is 9.47 Å². The molecule has 1 aliphatic rings. The first-order chi connectivity index (χ1) is 18.9. The average Bonchev–Trinajstić information content (AvgIpc) is 3.43. The van der Waals surface area contributed by atoms with Crippen LogP contribution >= 0.6 is 0 Å². The predicted molar refractivity (Wildman–Crippen MR) is 144 cm³/mol. The fourth-order valence-corrected chi connectivity index (χ4v) is 4.73. The molecule has 11 nitrogen and oxygen atoms in total. The van der Waals surface area contributed by atoms with E-state index in [1.54, 1.807) is 60.7 Å². The van der Waals surface area contributed by atoms with Crippen LogP contribution in [0, 0.1) is 0 Å². The van der Waals surface area contributed by atoms with Gasteiger partial charge in [0.05, 0.1) is 43.6 Å². The molecule has 11 heteroatoms. The standard InChI is InChI=1S/C28H21N5O6/c1-38-17-8-9-21-20(12-17)23-24(30-21)27(36)33(28(37)31-23)29-13-15-7-10-22(39-2)16(11-15)14-32-25(34)18-5-3-4-6-19(18)26(32)35/h3-13,30H,14H2,1-2H3,(H,31,37). The predicted octanol–water partition coefficient (Wildman–Crippen LogP) is 2.87. The van der Waals surface area contributed by atoms with Crippen molar-refractivity contribution in [1.82, 2.24) is 19.5 Å². The maximum absolute atomic E-state index is 13.1. The quantitative estimate of drug-likeness (QED) is 0.259. The van der Waals surface area contributed by atoms with Gasteiger partial charge >= 0.3 is 11.2 Å². The molecule has 3 aromatic carbocycles. The molecule has 0 spiro atoms. The summed E-state index contributed by atoms with van der Waals surface area (Å²) in [4.78, 5) is 58.5. The molecule has 6 rings (SSSR count). The summed E-state index contributed by atoms with van der Waals surface area (Å²) < 4.78 is 11.4. The number of amides is 2. The Kier molecular flexibility index (Phi) is 5.60. The van der Waals surface area contributed by atoms with Gasteiger partial charge in [0.15, 0.2) is 0 Å². The van der Waals surface area contributed by atoms with Crippen molar-refractivity contribution in [2.24, 2.45) is 5.10 Å². The lowest BCUT2D eigenvalue weighted by atomic mass is 10.1. The number of aromatic amines is 2. The number of methoxy groups -OCH3 is 2. The van der Waals surface area contributed by atoms with E-state index in [1.165, 1.54) is 20.4 Å². The first kappa shape index (κ1) is 23.9. The van der Waals surface area contributed by atoms with Crippen LogP contribution in [0.5, 0.6) is 11.5 Å². The number of fused-ring (bicyclic) bond motifs is 4. The highest BCUT2D eigenvalue weighted by molar-refractivity contribution is 6.21. The van der Waals surface area contributed by atoms with Gasteiger partial charge in [0, 0.05) is 16.5 Å². The second-order valence-electron chi connectivity index (χ2n) is 8.89. The molecule has 39 heavy (non-hydrogen) atoms. The maximum Gasteiger partial charge on any atom is 0.350 e. The van der Waals surface area contributed by atoms with Gasteiger partial charge in [0.2, 0.25) is 0 Å². The molecule has 5 aromatic rings. The van der Waals surface area contributed by atoms with Crippen molar-refractivity contribution in [2.75, 3.05) is 14.2 Å². The molecule has 0 bridgehead atoms. The smallest absolute Gasteiger partial charge is 0.350 e. The third-order valence-electron chi connectivity index (χ3n) is 6.67. The lowest BCUT2D eigenvalue weighted by Crippen LogP contribution is -2.32. The van der Waals surface area contributed by atoms with Gasteiger partial charge in [-0.3, -0.25) is 19.3 Å². The van der Waals surface area contributed by atoms with Gasteiger partial charge in [-0.15, -0.1) is 4.68 Å². The van der Waals surface area contributed by atoms with Crippen LogP contribution in [0.4, 0.5) is 0 Å². The Labute approximate surface area is 219 Å². The number of carbonyl (C=O) groups is 2. The Hall–Kier alpha value is -5.45. The van der Waals surface area contributed by atoms with Crippen LogP contribution in [-0.4, -0.2) is 51.8 Å². The molecular weight excluding hydrogens is 502 g/mol. The van der Waals surface area contributed by atoms with E-state index in [0.29, 0.717) is 50.2 Å². The van der Waals surface area contributed by atoms with Crippen LogP contribution < -0.4 is 20.7 Å². The van der Waals surface area contributed by atoms with Crippen LogP contribution in [-0.2, 0) is 6.54 Å². The lowest BCUT2D eigenvalue weighted by molar-refractivity contribution is 0.0641. The molecule has 3 heterocycles. The Morgan fingerprint density at radius 3 is 2.28 bits per heavy atom. The molecule has 0 unspecified atom stereocenters. The molecule has 194 valence electrons. The number of rotatable bonds is 6.